The molecule has 142 valence electrons. The zero-order valence-electron chi connectivity index (χ0n) is 15.7. The maximum absolute atomic E-state index is 12.8. The molecule has 0 aliphatic rings. The smallest absolute Gasteiger partial charge is 0.267 e. The van der Waals surface area contributed by atoms with E-state index < -0.39 is 0 Å². The fraction of sp³-hybridized carbons (Fsp3) is 0.143. The molecule has 0 saturated carbocycles. The van der Waals surface area contributed by atoms with E-state index in [0.29, 0.717) is 16.3 Å². The number of anilines is 1. The van der Waals surface area contributed by atoms with Crippen molar-refractivity contribution in [1.82, 2.24) is 9.38 Å². The Kier molecular flexibility index (Phi) is 4.75. The van der Waals surface area contributed by atoms with Crippen molar-refractivity contribution in [1.29, 1.82) is 0 Å². The summed E-state index contributed by atoms with van der Waals surface area (Å²) in [6, 6.07) is 15.1. The van der Waals surface area contributed by atoms with Crippen LogP contribution in [-0.4, -0.2) is 29.5 Å². The number of para-hydroxylation sites is 2. The number of aromatic nitrogens is 2. The summed E-state index contributed by atoms with van der Waals surface area (Å²) in [5.74, 6) is 1.25. The Balaban J connectivity index is 1.63. The van der Waals surface area contributed by atoms with Gasteiger partial charge in [-0.1, -0.05) is 23.5 Å². The van der Waals surface area contributed by atoms with Gasteiger partial charge >= 0.3 is 0 Å². The molecule has 0 aliphatic carbocycles. The van der Waals surface area contributed by atoms with E-state index in [9.17, 15) is 4.79 Å². The average molecular weight is 393 g/mol. The van der Waals surface area contributed by atoms with E-state index in [-0.39, 0.29) is 5.91 Å². The molecule has 0 saturated heterocycles. The van der Waals surface area contributed by atoms with Crippen molar-refractivity contribution in [2.45, 2.75) is 6.92 Å². The maximum Gasteiger partial charge on any atom is 0.267 e. The molecule has 4 aromatic rings. The van der Waals surface area contributed by atoms with Crippen LogP contribution in [0.4, 0.5) is 5.69 Å². The van der Waals surface area contributed by atoms with Crippen LogP contribution in [-0.2, 0) is 0 Å². The van der Waals surface area contributed by atoms with Gasteiger partial charge in [-0.25, -0.2) is 4.98 Å². The second-order valence-corrected chi connectivity index (χ2v) is 7.16. The number of imidazole rings is 1. The van der Waals surface area contributed by atoms with Gasteiger partial charge in [0.05, 0.1) is 25.6 Å². The number of carbonyl (C=O) groups excluding carboxylic acids is 1. The molecule has 28 heavy (non-hydrogen) atoms. The number of rotatable bonds is 5. The minimum atomic E-state index is -0.177. The first kappa shape index (κ1) is 18.1. The molecular formula is C21H19N3O3S. The molecule has 7 heteroatoms. The summed E-state index contributed by atoms with van der Waals surface area (Å²) < 4.78 is 12.4. The van der Waals surface area contributed by atoms with Crippen LogP contribution in [0.15, 0.2) is 54.7 Å². The van der Waals surface area contributed by atoms with Crippen LogP contribution < -0.4 is 14.8 Å². The molecule has 0 radical (unpaired) electrons. The number of hydrogen-bond donors (Lipinski definition) is 1. The normalized spacial score (nSPS) is 10.8. The summed E-state index contributed by atoms with van der Waals surface area (Å²) >= 11 is 1.36. The molecule has 0 unspecified atom stereocenters. The van der Waals surface area contributed by atoms with Crippen molar-refractivity contribution >= 4 is 27.9 Å². The predicted octanol–water partition coefficient (Wildman–Crippen LogP) is 4.64. The van der Waals surface area contributed by atoms with Gasteiger partial charge in [-0.3, -0.25) is 9.20 Å². The molecule has 1 amide bonds. The molecule has 0 fully saturated rings. The monoisotopic (exact) mass is 393 g/mol. The molecular weight excluding hydrogens is 374 g/mol. The standard InChI is InChI=1S/C21H19N3O3S/c1-13-19(20(25)22-16-6-4-5-7-18(16)27-3)28-21-23-17(12-24(13)21)14-8-10-15(26-2)11-9-14/h4-12H,1-3H3,(H,22,25). The number of nitrogens with one attached hydrogen (secondary N) is 1. The SMILES string of the molecule is COc1ccc(-c2cn3c(C)c(C(=O)Nc4ccccc4OC)sc3n2)cc1. The minimum absolute atomic E-state index is 0.177. The molecule has 0 bridgehead atoms. The van der Waals surface area contributed by atoms with E-state index in [1.54, 1.807) is 14.2 Å². The Hall–Kier alpha value is -3.32. The minimum Gasteiger partial charge on any atom is -0.497 e. The highest BCUT2D eigenvalue weighted by Gasteiger charge is 2.19. The van der Waals surface area contributed by atoms with E-state index in [2.05, 4.69) is 10.3 Å². The van der Waals surface area contributed by atoms with E-state index in [4.69, 9.17) is 9.47 Å². The summed E-state index contributed by atoms with van der Waals surface area (Å²) in [5, 5.41) is 2.92. The van der Waals surface area contributed by atoms with Gasteiger partial charge in [0.15, 0.2) is 4.96 Å². The first-order valence-electron chi connectivity index (χ1n) is 8.68. The Morgan fingerprint density at radius 2 is 1.82 bits per heavy atom. The summed E-state index contributed by atoms with van der Waals surface area (Å²) in [6.07, 6.45) is 1.95. The Labute approximate surface area is 166 Å². The molecule has 2 aromatic heterocycles. The summed E-state index contributed by atoms with van der Waals surface area (Å²) in [6.45, 7) is 1.92. The third kappa shape index (κ3) is 3.20. The van der Waals surface area contributed by atoms with Crippen molar-refractivity contribution in [3.63, 3.8) is 0 Å². The van der Waals surface area contributed by atoms with E-state index >= 15 is 0 Å². The van der Waals surface area contributed by atoms with Crippen LogP contribution in [0.3, 0.4) is 0 Å². The number of hydrogen-bond acceptors (Lipinski definition) is 5. The third-order valence-corrected chi connectivity index (χ3v) is 5.66. The lowest BCUT2D eigenvalue weighted by Crippen LogP contribution is -2.12. The van der Waals surface area contributed by atoms with Gasteiger partial charge in [0.2, 0.25) is 0 Å². The van der Waals surface area contributed by atoms with Crippen molar-refractivity contribution in [2.75, 3.05) is 19.5 Å². The molecule has 6 nitrogen and oxygen atoms in total. The van der Waals surface area contributed by atoms with Crippen molar-refractivity contribution < 1.29 is 14.3 Å². The molecule has 0 spiro atoms. The van der Waals surface area contributed by atoms with Gasteiger partial charge in [-0.15, -0.1) is 0 Å². The number of nitrogens with zero attached hydrogens (tertiary/aromatic N) is 2. The fourth-order valence-electron chi connectivity index (χ4n) is 2.99. The number of thiazole rings is 1. The number of benzene rings is 2. The number of methoxy groups -OCH3 is 2. The Morgan fingerprint density at radius 3 is 2.50 bits per heavy atom. The Bertz CT molecular complexity index is 1150. The highest BCUT2D eigenvalue weighted by Crippen LogP contribution is 2.30. The summed E-state index contributed by atoms with van der Waals surface area (Å²) in [5.41, 5.74) is 3.34. The van der Waals surface area contributed by atoms with Gasteiger partial charge < -0.3 is 14.8 Å². The number of ether oxygens (including phenoxy) is 2. The lowest BCUT2D eigenvalue weighted by molar-refractivity contribution is 0.102. The molecule has 1 N–H and O–H groups in total. The van der Waals surface area contributed by atoms with Crippen LogP contribution in [0.2, 0.25) is 0 Å². The predicted molar refractivity (Wildman–Crippen MR) is 111 cm³/mol. The summed E-state index contributed by atoms with van der Waals surface area (Å²) in [7, 11) is 3.22. The number of aryl methyl sites for hydroxylation is 1. The number of amides is 1. The largest absolute Gasteiger partial charge is 0.497 e. The second kappa shape index (κ2) is 7.36. The highest BCUT2D eigenvalue weighted by molar-refractivity contribution is 7.19. The maximum atomic E-state index is 12.8. The topological polar surface area (TPSA) is 64.9 Å². The van der Waals surface area contributed by atoms with Crippen LogP contribution in [0.5, 0.6) is 11.5 Å². The van der Waals surface area contributed by atoms with Crippen molar-refractivity contribution in [3.8, 4) is 22.8 Å². The lowest BCUT2D eigenvalue weighted by atomic mass is 10.2. The van der Waals surface area contributed by atoms with Gasteiger partial charge in [-0.2, -0.15) is 0 Å². The average Bonchev–Trinajstić information content (AvgIpc) is 3.28. The van der Waals surface area contributed by atoms with E-state index in [1.807, 2.05) is 66.1 Å². The highest BCUT2D eigenvalue weighted by atomic mass is 32.1. The van der Waals surface area contributed by atoms with Gasteiger partial charge in [0.1, 0.15) is 16.4 Å². The fourth-order valence-corrected chi connectivity index (χ4v) is 3.99. The molecule has 0 aliphatic heterocycles. The van der Waals surface area contributed by atoms with Gasteiger partial charge in [-0.05, 0) is 43.3 Å². The van der Waals surface area contributed by atoms with Gasteiger partial charge in [0.25, 0.3) is 5.91 Å². The van der Waals surface area contributed by atoms with E-state index in [0.717, 1.165) is 27.7 Å². The molecule has 0 atom stereocenters. The van der Waals surface area contributed by atoms with Gasteiger partial charge in [0, 0.05) is 17.5 Å². The van der Waals surface area contributed by atoms with Crippen molar-refractivity contribution in [2.24, 2.45) is 0 Å². The first-order chi connectivity index (χ1) is 13.6. The molecule has 2 aromatic carbocycles. The molecule has 2 heterocycles. The number of carbonyl (C=O) groups is 1. The van der Waals surface area contributed by atoms with Crippen molar-refractivity contribution in [3.05, 3.63) is 65.3 Å². The molecule has 4 rings (SSSR count). The zero-order chi connectivity index (χ0) is 19.7. The first-order valence-corrected chi connectivity index (χ1v) is 9.49. The summed E-state index contributed by atoms with van der Waals surface area (Å²) in [4.78, 5) is 18.9. The van der Waals surface area contributed by atoms with Crippen LogP contribution >= 0.6 is 11.3 Å². The third-order valence-electron chi connectivity index (χ3n) is 4.50. The van der Waals surface area contributed by atoms with E-state index in [1.165, 1.54) is 11.3 Å². The van der Waals surface area contributed by atoms with Crippen LogP contribution in [0.25, 0.3) is 16.2 Å². The van der Waals surface area contributed by atoms with Crippen LogP contribution in [0.1, 0.15) is 15.4 Å². The quantitative estimate of drug-likeness (QED) is 0.536. The second-order valence-electron chi connectivity index (χ2n) is 6.18. The van der Waals surface area contributed by atoms with Crippen LogP contribution in [0, 0.1) is 6.92 Å². The lowest BCUT2D eigenvalue weighted by Gasteiger charge is -2.09. The number of fused-ring (bicyclic) bond motifs is 1. The zero-order valence-corrected chi connectivity index (χ0v) is 16.5. The Morgan fingerprint density at radius 1 is 1.07 bits per heavy atom.